The molecule has 2 fully saturated rings. The van der Waals surface area contributed by atoms with Gasteiger partial charge in [-0.25, -0.2) is 0 Å². The van der Waals surface area contributed by atoms with Crippen molar-refractivity contribution in [1.82, 2.24) is 4.90 Å². The number of Topliss-reactive ketones (excluding diaryl/α,β-unsaturated/α-hetero) is 1. The second kappa shape index (κ2) is 4.83. The van der Waals surface area contributed by atoms with Gasteiger partial charge in [0.25, 0.3) is 0 Å². The molecule has 2 heterocycles. The van der Waals surface area contributed by atoms with E-state index in [0.29, 0.717) is 12.1 Å². The second-order valence-corrected chi connectivity index (χ2v) is 5.81. The summed E-state index contributed by atoms with van der Waals surface area (Å²) in [7, 11) is 2.20. The third-order valence-electron chi connectivity index (χ3n) is 4.78. The minimum Gasteiger partial charge on any atom is -0.300 e. The highest BCUT2D eigenvalue weighted by atomic mass is 16.1. The largest absolute Gasteiger partial charge is 0.300 e. The van der Waals surface area contributed by atoms with Gasteiger partial charge in [0.05, 0.1) is 0 Å². The van der Waals surface area contributed by atoms with Crippen LogP contribution in [0.25, 0.3) is 0 Å². The van der Waals surface area contributed by atoms with Gasteiger partial charge >= 0.3 is 0 Å². The summed E-state index contributed by atoms with van der Waals surface area (Å²) in [5, 5.41) is 0. The molecule has 2 nitrogen and oxygen atoms in total. The van der Waals surface area contributed by atoms with E-state index in [1.165, 1.54) is 12.8 Å². The lowest BCUT2D eigenvalue weighted by atomic mass is 9.85. The number of benzene rings is 1. The molecule has 98 valence electrons. The summed E-state index contributed by atoms with van der Waals surface area (Å²) in [4.78, 5) is 15.1. The molecule has 1 aromatic rings. The lowest BCUT2D eigenvalue weighted by Gasteiger charge is -2.35. The van der Waals surface area contributed by atoms with Crippen LogP contribution in [0.1, 0.15) is 41.6 Å². The van der Waals surface area contributed by atoms with E-state index in [1.807, 2.05) is 24.3 Å². The molecule has 2 bridgehead atoms. The van der Waals surface area contributed by atoms with Crippen molar-refractivity contribution in [2.75, 3.05) is 7.05 Å². The Morgan fingerprint density at radius 2 is 2.00 bits per heavy atom. The number of rotatable bonds is 2. The molecule has 2 heteroatoms. The lowest BCUT2D eigenvalue weighted by molar-refractivity contribution is 0.0767. The van der Waals surface area contributed by atoms with Crippen LogP contribution >= 0.6 is 0 Å². The van der Waals surface area contributed by atoms with E-state index in [2.05, 4.69) is 17.9 Å². The first kappa shape index (κ1) is 12.4. The van der Waals surface area contributed by atoms with Crippen LogP contribution < -0.4 is 0 Å². The molecule has 2 aliphatic heterocycles. The van der Waals surface area contributed by atoms with E-state index < -0.39 is 0 Å². The van der Waals surface area contributed by atoms with Gasteiger partial charge in [0.1, 0.15) is 0 Å². The molecular formula is C17H19NO. The number of carbonyl (C=O) groups excluding carboxylic acids is 1. The lowest BCUT2D eigenvalue weighted by Crippen LogP contribution is -2.42. The van der Waals surface area contributed by atoms with Gasteiger partial charge < -0.3 is 4.90 Å². The maximum atomic E-state index is 12.6. The highest BCUT2D eigenvalue weighted by Crippen LogP contribution is 2.38. The molecule has 2 unspecified atom stereocenters. The Morgan fingerprint density at radius 3 is 2.63 bits per heavy atom. The molecule has 0 aliphatic carbocycles. The molecule has 0 saturated carbocycles. The van der Waals surface area contributed by atoms with Crippen molar-refractivity contribution < 1.29 is 4.79 Å². The Bertz CT molecular complexity index is 528. The van der Waals surface area contributed by atoms with Crippen LogP contribution in [-0.4, -0.2) is 29.8 Å². The fourth-order valence-corrected chi connectivity index (χ4v) is 3.62. The smallest absolute Gasteiger partial charge is 0.166 e. The molecule has 0 N–H and O–H groups in total. The van der Waals surface area contributed by atoms with Gasteiger partial charge in [-0.15, -0.1) is 6.42 Å². The number of hydrogen-bond acceptors (Lipinski definition) is 2. The van der Waals surface area contributed by atoms with E-state index in [4.69, 9.17) is 6.42 Å². The highest BCUT2D eigenvalue weighted by molar-refractivity contribution is 5.98. The maximum absolute atomic E-state index is 12.6. The summed E-state index contributed by atoms with van der Waals surface area (Å²) < 4.78 is 0. The molecule has 1 aromatic carbocycles. The normalized spacial score (nSPS) is 30.0. The molecule has 0 radical (unpaired) electrons. The van der Waals surface area contributed by atoms with Crippen molar-refractivity contribution in [3.05, 3.63) is 35.4 Å². The first-order valence-corrected chi connectivity index (χ1v) is 7.02. The van der Waals surface area contributed by atoms with Crippen LogP contribution in [0, 0.1) is 18.3 Å². The van der Waals surface area contributed by atoms with Crippen LogP contribution in [0.5, 0.6) is 0 Å². The summed E-state index contributed by atoms with van der Waals surface area (Å²) in [6.07, 6.45) is 9.90. The first-order chi connectivity index (χ1) is 9.19. The predicted molar refractivity (Wildman–Crippen MR) is 76.0 cm³/mol. The molecule has 2 saturated heterocycles. The molecular weight excluding hydrogens is 234 g/mol. The Balaban J connectivity index is 1.80. The summed E-state index contributed by atoms with van der Waals surface area (Å²) in [6.45, 7) is 0. The van der Waals surface area contributed by atoms with E-state index in [-0.39, 0.29) is 11.7 Å². The van der Waals surface area contributed by atoms with Gasteiger partial charge in [0, 0.05) is 29.1 Å². The van der Waals surface area contributed by atoms with Crippen molar-refractivity contribution in [2.45, 2.75) is 37.8 Å². The van der Waals surface area contributed by atoms with Crippen LogP contribution in [-0.2, 0) is 0 Å². The minimum atomic E-state index is 0.182. The number of nitrogens with zero attached hydrogens (tertiary/aromatic N) is 1. The minimum absolute atomic E-state index is 0.182. The molecule has 0 aromatic heterocycles. The monoisotopic (exact) mass is 253 g/mol. The van der Waals surface area contributed by atoms with Crippen LogP contribution in [0.4, 0.5) is 0 Å². The summed E-state index contributed by atoms with van der Waals surface area (Å²) >= 11 is 0. The molecule has 2 aliphatic rings. The van der Waals surface area contributed by atoms with E-state index in [9.17, 15) is 4.79 Å². The fraction of sp³-hybridized carbons (Fsp3) is 0.471. The third-order valence-corrected chi connectivity index (χ3v) is 4.78. The zero-order chi connectivity index (χ0) is 13.4. The zero-order valence-corrected chi connectivity index (χ0v) is 11.3. The Kier molecular flexibility index (Phi) is 3.16. The standard InChI is InChI=1S/C17H19NO/c1-3-12-5-4-6-13(9-12)17(19)14-10-15-7-8-16(11-14)18(15)2/h1,4-6,9,14-16H,7-8,10-11H2,2H3. The summed E-state index contributed by atoms with van der Waals surface area (Å²) in [5.74, 6) is 3.06. The average molecular weight is 253 g/mol. The molecule has 0 spiro atoms. The van der Waals surface area contributed by atoms with Gasteiger partial charge in [-0.3, -0.25) is 4.79 Å². The van der Waals surface area contributed by atoms with Crippen LogP contribution in [0.3, 0.4) is 0 Å². The van der Waals surface area contributed by atoms with E-state index >= 15 is 0 Å². The molecule has 0 amide bonds. The average Bonchev–Trinajstić information content (AvgIpc) is 2.68. The number of hydrogen-bond donors (Lipinski definition) is 0. The molecule has 3 rings (SSSR count). The van der Waals surface area contributed by atoms with Crippen molar-refractivity contribution in [1.29, 1.82) is 0 Å². The Labute approximate surface area is 114 Å². The summed E-state index contributed by atoms with van der Waals surface area (Å²) in [6, 6.07) is 8.69. The van der Waals surface area contributed by atoms with Crippen LogP contribution in [0.15, 0.2) is 24.3 Å². The topological polar surface area (TPSA) is 20.3 Å². The highest BCUT2D eigenvalue weighted by Gasteiger charge is 2.40. The van der Waals surface area contributed by atoms with Gasteiger partial charge in [0.15, 0.2) is 5.78 Å². The maximum Gasteiger partial charge on any atom is 0.166 e. The molecule has 2 atom stereocenters. The quantitative estimate of drug-likeness (QED) is 0.596. The Morgan fingerprint density at radius 1 is 1.32 bits per heavy atom. The van der Waals surface area contributed by atoms with E-state index in [0.717, 1.165) is 24.0 Å². The van der Waals surface area contributed by atoms with Crippen LogP contribution in [0.2, 0.25) is 0 Å². The SMILES string of the molecule is C#Cc1cccc(C(=O)C2CC3CCC(C2)N3C)c1. The number of ketones is 1. The first-order valence-electron chi connectivity index (χ1n) is 7.02. The van der Waals surface area contributed by atoms with E-state index in [1.54, 1.807) is 0 Å². The van der Waals surface area contributed by atoms with Gasteiger partial charge in [-0.2, -0.15) is 0 Å². The predicted octanol–water partition coefficient (Wildman–Crippen LogP) is 2.72. The second-order valence-electron chi connectivity index (χ2n) is 5.81. The van der Waals surface area contributed by atoms with Gasteiger partial charge in [0.2, 0.25) is 0 Å². The van der Waals surface area contributed by atoms with Crippen molar-refractivity contribution >= 4 is 5.78 Å². The van der Waals surface area contributed by atoms with Crippen molar-refractivity contribution in [3.8, 4) is 12.3 Å². The number of fused-ring (bicyclic) bond motifs is 2. The van der Waals surface area contributed by atoms with Gasteiger partial charge in [-0.1, -0.05) is 18.1 Å². The van der Waals surface area contributed by atoms with Crippen molar-refractivity contribution in [3.63, 3.8) is 0 Å². The number of piperidine rings is 1. The summed E-state index contributed by atoms with van der Waals surface area (Å²) in [5.41, 5.74) is 1.58. The number of carbonyl (C=O) groups is 1. The molecule has 19 heavy (non-hydrogen) atoms. The zero-order valence-electron chi connectivity index (χ0n) is 11.3. The third kappa shape index (κ3) is 2.19. The Hall–Kier alpha value is -1.59. The fourth-order valence-electron chi connectivity index (χ4n) is 3.62. The number of terminal acetylenes is 1. The van der Waals surface area contributed by atoms with Crippen molar-refractivity contribution in [2.24, 2.45) is 5.92 Å². The van der Waals surface area contributed by atoms with Gasteiger partial charge in [-0.05, 0) is 44.9 Å².